The van der Waals surface area contributed by atoms with Gasteiger partial charge in [0.15, 0.2) is 5.75 Å². The van der Waals surface area contributed by atoms with Crippen LogP contribution in [0.15, 0.2) is 77.9 Å². The molecule has 4 aromatic rings. The van der Waals surface area contributed by atoms with Gasteiger partial charge >= 0.3 is 6.03 Å². The number of pyridine rings is 1. The molecule has 2 aromatic heterocycles. The third kappa shape index (κ3) is 5.48. The van der Waals surface area contributed by atoms with E-state index in [0.717, 1.165) is 65.4 Å². The van der Waals surface area contributed by atoms with Gasteiger partial charge in [0.25, 0.3) is 11.3 Å². The molecule has 9 heteroatoms. The number of hydrogen-bond acceptors (Lipinski definition) is 5. The number of hydrogen-bond donors (Lipinski definition) is 3. The van der Waals surface area contributed by atoms with E-state index in [1.807, 2.05) is 59.3 Å². The molecule has 0 saturated carbocycles. The molecule has 2 aromatic carbocycles. The number of benzene rings is 2. The maximum Gasteiger partial charge on any atom is 0.320 e. The fourth-order valence-electron chi connectivity index (χ4n) is 6.31. The Bertz CT molecular complexity index is 1830. The second-order valence-electron chi connectivity index (χ2n) is 13.1. The molecule has 44 heavy (non-hydrogen) atoms. The Balaban J connectivity index is 1.09. The highest BCUT2D eigenvalue weighted by Crippen LogP contribution is 2.38. The zero-order valence-corrected chi connectivity index (χ0v) is 25.8. The fourth-order valence-corrected chi connectivity index (χ4v) is 6.31. The molecule has 9 nitrogen and oxygen atoms in total. The second kappa shape index (κ2) is 11.2. The van der Waals surface area contributed by atoms with Gasteiger partial charge in [-0.05, 0) is 68.5 Å². The van der Waals surface area contributed by atoms with Crippen molar-refractivity contribution in [1.82, 2.24) is 20.4 Å². The molecule has 1 saturated heterocycles. The predicted molar refractivity (Wildman–Crippen MR) is 168 cm³/mol. The van der Waals surface area contributed by atoms with E-state index >= 15 is 0 Å². The highest BCUT2D eigenvalue weighted by molar-refractivity contribution is 5.89. The highest BCUT2D eigenvalue weighted by Gasteiger charge is 2.32. The SMILES string of the molecule is Cc1ccc(-n2nc(C(C)(C)C)cc2NC(=O)NC2CCC(Oc3ccc4[n+](c3)=C(C3CCCN3)N=4)c3ccccc32)cc1. The molecule has 4 heterocycles. The van der Waals surface area contributed by atoms with Crippen molar-refractivity contribution in [2.75, 3.05) is 11.9 Å². The van der Waals surface area contributed by atoms with Crippen LogP contribution >= 0.6 is 0 Å². The number of carbonyl (C=O) groups is 1. The van der Waals surface area contributed by atoms with E-state index in [2.05, 4.69) is 66.2 Å². The Morgan fingerprint density at radius 1 is 1.02 bits per heavy atom. The van der Waals surface area contributed by atoms with Crippen molar-refractivity contribution < 1.29 is 13.8 Å². The van der Waals surface area contributed by atoms with Gasteiger partial charge in [0.05, 0.1) is 23.5 Å². The molecule has 3 atom stereocenters. The molecule has 3 aliphatic rings. The topological polar surface area (TPSA) is 98.5 Å². The van der Waals surface area contributed by atoms with Gasteiger partial charge in [0.1, 0.15) is 18.1 Å². The lowest BCUT2D eigenvalue weighted by Gasteiger charge is -2.32. The minimum absolute atomic E-state index is 0.103. The van der Waals surface area contributed by atoms with E-state index in [4.69, 9.17) is 14.8 Å². The van der Waals surface area contributed by atoms with Gasteiger partial charge in [-0.1, -0.05) is 67.7 Å². The summed E-state index contributed by atoms with van der Waals surface area (Å²) in [7, 11) is 0. The lowest BCUT2D eigenvalue weighted by Crippen LogP contribution is -2.52. The van der Waals surface area contributed by atoms with Gasteiger partial charge in [-0.25, -0.2) is 9.48 Å². The normalized spacial score (nSPS) is 20.6. The summed E-state index contributed by atoms with van der Waals surface area (Å²) < 4.78 is 10.5. The molecule has 2 amide bonds. The smallest absolute Gasteiger partial charge is 0.320 e. The number of ether oxygens (including phenoxy) is 1. The zero-order valence-electron chi connectivity index (χ0n) is 25.8. The maximum atomic E-state index is 13.5. The van der Waals surface area contributed by atoms with Crippen molar-refractivity contribution in [3.8, 4) is 11.4 Å². The first-order valence-corrected chi connectivity index (χ1v) is 15.6. The van der Waals surface area contributed by atoms with Gasteiger partial charge in [-0.15, -0.1) is 0 Å². The Hall–Kier alpha value is -4.50. The van der Waals surface area contributed by atoms with Crippen LogP contribution in [0.1, 0.15) is 81.0 Å². The van der Waals surface area contributed by atoms with Gasteiger partial charge in [0, 0.05) is 17.5 Å². The molecule has 1 fully saturated rings. The molecular formula is C35H40N7O2+. The van der Waals surface area contributed by atoms with Crippen LogP contribution in [0.5, 0.6) is 5.75 Å². The molecule has 7 rings (SSSR count). The Kier molecular flexibility index (Phi) is 7.20. The minimum atomic E-state index is -0.260. The summed E-state index contributed by atoms with van der Waals surface area (Å²) in [6.07, 6.45) is 5.78. The monoisotopic (exact) mass is 590 g/mol. The van der Waals surface area contributed by atoms with E-state index < -0.39 is 0 Å². The lowest BCUT2D eigenvalue weighted by atomic mass is 9.85. The summed E-state index contributed by atoms with van der Waals surface area (Å²) >= 11 is 0. The average molecular weight is 591 g/mol. The van der Waals surface area contributed by atoms with Crippen LogP contribution in [0, 0.1) is 12.8 Å². The quantitative estimate of drug-likeness (QED) is 0.267. The van der Waals surface area contributed by atoms with Crippen LogP contribution in [0.25, 0.3) is 5.69 Å². The molecule has 0 spiro atoms. The first-order chi connectivity index (χ1) is 21.2. The number of carbonyl (C=O) groups excluding carboxylic acids is 1. The van der Waals surface area contributed by atoms with E-state index in [0.29, 0.717) is 11.9 Å². The molecule has 0 radical (unpaired) electrons. The summed E-state index contributed by atoms with van der Waals surface area (Å²) in [5, 5.41) is 14.7. The molecule has 2 aliphatic heterocycles. The number of fused-ring (bicyclic) bond motifs is 2. The summed E-state index contributed by atoms with van der Waals surface area (Å²) in [5.74, 6) is 2.53. The first kappa shape index (κ1) is 28.3. The van der Waals surface area contributed by atoms with Crippen molar-refractivity contribution in [1.29, 1.82) is 0 Å². The Morgan fingerprint density at radius 3 is 2.57 bits per heavy atom. The van der Waals surface area contributed by atoms with E-state index in [-0.39, 0.29) is 23.6 Å². The second-order valence-corrected chi connectivity index (χ2v) is 13.1. The van der Waals surface area contributed by atoms with Crippen LogP contribution in [0.3, 0.4) is 0 Å². The van der Waals surface area contributed by atoms with Crippen LogP contribution in [0.2, 0.25) is 0 Å². The largest absolute Gasteiger partial charge is 0.483 e. The van der Waals surface area contributed by atoms with Gasteiger partial charge in [-0.3, -0.25) is 5.32 Å². The van der Waals surface area contributed by atoms with E-state index in [1.165, 1.54) is 12.0 Å². The van der Waals surface area contributed by atoms with Crippen molar-refractivity contribution in [2.24, 2.45) is 4.99 Å². The van der Waals surface area contributed by atoms with Crippen LogP contribution in [0.4, 0.5) is 10.6 Å². The number of amides is 2. The lowest BCUT2D eigenvalue weighted by molar-refractivity contribution is -0.568. The third-order valence-electron chi connectivity index (χ3n) is 8.77. The number of nitrogens with zero attached hydrogens (tertiary/aromatic N) is 4. The van der Waals surface area contributed by atoms with Crippen molar-refractivity contribution in [3.63, 3.8) is 0 Å². The van der Waals surface area contributed by atoms with E-state index in [9.17, 15) is 4.79 Å². The fraction of sp³-hybridized carbons (Fsp3) is 0.371. The van der Waals surface area contributed by atoms with Crippen molar-refractivity contribution >= 4 is 11.8 Å². The molecular weight excluding hydrogens is 550 g/mol. The van der Waals surface area contributed by atoms with Gasteiger partial charge in [0.2, 0.25) is 0 Å². The predicted octanol–water partition coefficient (Wildman–Crippen LogP) is 5.27. The molecule has 226 valence electrons. The molecule has 0 bridgehead atoms. The Morgan fingerprint density at radius 2 is 1.82 bits per heavy atom. The standard InChI is InChI=1S/C35H39N7O2/c1-22-11-13-23(14-12-22)42-32(20-30(40-42)35(2,3)4)39-34(43)37-27-16-17-29(26-9-6-5-8-25(26)27)44-24-15-18-31-38-33(41(31)21-24)28-10-7-19-36-28/h5-6,8-9,11-15,18,20-21,27-29,36H,7,10,16-17,19H2,1-4H3,(H-,37,39,40,43)/p+1. The number of urea groups is 1. The molecule has 3 unspecified atom stereocenters. The summed E-state index contributed by atoms with van der Waals surface area (Å²) in [6.45, 7) is 9.46. The highest BCUT2D eigenvalue weighted by atomic mass is 16.5. The number of aryl methyl sites for hydroxylation is 1. The van der Waals surface area contributed by atoms with Gasteiger partial charge in [-0.2, -0.15) is 9.34 Å². The van der Waals surface area contributed by atoms with Crippen molar-refractivity contribution in [2.45, 2.75) is 77.0 Å². The number of nitrogens with one attached hydrogen (secondary N) is 3. The van der Waals surface area contributed by atoms with Crippen LogP contribution in [-0.4, -0.2) is 28.4 Å². The zero-order chi connectivity index (χ0) is 30.4. The van der Waals surface area contributed by atoms with Crippen LogP contribution < -0.4 is 30.4 Å². The minimum Gasteiger partial charge on any atom is -0.483 e. The van der Waals surface area contributed by atoms with Crippen LogP contribution in [-0.2, 0) is 5.41 Å². The summed E-state index contributed by atoms with van der Waals surface area (Å²) in [5.41, 5.74) is 5.94. The van der Waals surface area contributed by atoms with E-state index in [1.54, 1.807) is 0 Å². The first-order valence-electron chi connectivity index (χ1n) is 15.6. The third-order valence-corrected chi connectivity index (χ3v) is 8.77. The number of aromatic nitrogens is 3. The number of rotatable bonds is 6. The number of anilines is 1. The Labute approximate surface area is 257 Å². The molecule has 3 N–H and O–H groups in total. The summed E-state index contributed by atoms with van der Waals surface area (Å²) in [6, 6.07) is 22.3. The maximum absolute atomic E-state index is 13.5. The summed E-state index contributed by atoms with van der Waals surface area (Å²) in [4.78, 5) is 18.2. The van der Waals surface area contributed by atoms with Gasteiger partial charge < -0.3 is 15.4 Å². The molecule has 1 aliphatic carbocycles. The van der Waals surface area contributed by atoms with Crippen molar-refractivity contribution in [3.05, 3.63) is 107 Å². The average Bonchev–Trinajstić information content (AvgIpc) is 3.67.